The van der Waals surface area contributed by atoms with E-state index in [-0.39, 0.29) is 11.7 Å². The number of anilines is 1. The smallest absolute Gasteiger partial charge is 0.272 e. The predicted octanol–water partition coefficient (Wildman–Crippen LogP) is 3.98. The van der Waals surface area contributed by atoms with E-state index in [1.54, 1.807) is 30.0 Å². The Labute approximate surface area is 146 Å². The lowest BCUT2D eigenvalue weighted by molar-refractivity contribution is -0.126. The number of hydrogen-bond donors (Lipinski definition) is 0. The molecule has 5 heteroatoms. The topological polar surface area (TPSA) is 46.6 Å². The molecule has 0 bridgehead atoms. The molecule has 0 fully saturated rings. The molecule has 4 nitrogen and oxygen atoms in total. The summed E-state index contributed by atoms with van der Waals surface area (Å²) in [5.41, 5.74) is 1.89. The molecule has 3 rings (SSSR count). The van der Waals surface area contributed by atoms with E-state index in [1.165, 1.54) is 0 Å². The maximum absolute atomic E-state index is 12.8. The molecule has 124 valence electrons. The van der Waals surface area contributed by atoms with Crippen molar-refractivity contribution in [3.8, 4) is 5.75 Å². The largest absolute Gasteiger partial charge is 0.474 e. The highest BCUT2D eigenvalue weighted by molar-refractivity contribution is 6.33. The minimum Gasteiger partial charge on any atom is -0.474 e. The summed E-state index contributed by atoms with van der Waals surface area (Å²) in [4.78, 5) is 26.6. The summed E-state index contributed by atoms with van der Waals surface area (Å²) < 4.78 is 5.92. The quantitative estimate of drug-likeness (QED) is 0.623. The van der Waals surface area contributed by atoms with Crippen molar-refractivity contribution in [3.63, 3.8) is 0 Å². The van der Waals surface area contributed by atoms with Crippen LogP contribution in [0.25, 0.3) is 0 Å². The molecule has 1 aliphatic heterocycles. The van der Waals surface area contributed by atoms with Crippen LogP contribution in [0.15, 0.2) is 48.5 Å². The number of likely N-dealkylation sites (N-methyl/N-ethyl adjacent to an activating group) is 1. The van der Waals surface area contributed by atoms with Gasteiger partial charge in [-0.15, -0.1) is 11.6 Å². The number of fused-ring (bicyclic) bond motifs is 1. The van der Waals surface area contributed by atoms with Crippen LogP contribution < -0.4 is 9.64 Å². The Morgan fingerprint density at radius 2 is 1.96 bits per heavy atom. The van der Waals surface area contributed by atoms with E-state index in [9.17, 15) is 9.59 Å². The van der Waals surface area contributed by atoms with Gasteiger partial charge in [0.05, 0.1) is 11.1 Å². The average molecular weight is 344 g/mol. The third kappa shape index (κ3) is 2.89. The number of ether oxygens (including phenoxy) is 1. The Morgan fingerprint density at radius 1 is 1.25 bits per heavy atom. The predicted molar refractivity (Wildman–Crippen MR) is 93.9 cm³/mol. The summed E-state index contributed by atoms with van der Waals surface area (Å²) in [7, 11) is 0. The fourth-order valence-electron chi connectivity index (χ4n) is 2.81. The van der Waals surface area contributed by atoms with Crippen LogP contribution in [0.3, 0.4) is 0 Å². The van der Waals surface area contributed by atoms with Crippen LogP contribution in [0.4, 0.5) is 5.69 Å². The first kappa shape index (κ1) is 16.5. The standard InChI is InChI=1S/C19H18ClNO3/c1-3-21-15-11-14(17(22)12(2)20)9-10-16(15)24-18(19(21)23)13-7-5-4-6-8-13/h4-12,18H,3H2,1-2H3. The van der Waals surface area contributed by atoms with Gasteiger partial charge < -0.3 is 9.64 Å². The van der Waals surface area contributed by atoms with Gasteiger partial charge in [0.2, 0.25) is 6.10 Å². The van der Waals surface area contributed by atoms with Crippen molar-refractivity contribution in [1.82, 2.24) is 0 Å². The second kappa shape index (κ2) is 6.65. The van der Waals surface area contributed by atoms with E-state index in [1.807, 2.05) is 37.3 Å². The Balaban J connectivity index is 2.02. The number of halogens is 1. The molecule has 0 spiro atoms. The molecule has 1 heterocycles. The Hall–Kier alpha value is -2.33. The summed E-state index contributed by atoms with van der Waals surface area (Å²) in [5.74, 6) is 0.275. The lowest BCUT2D eigenvalue weighted by Crippen LogP contribution is -2.41. The lowest BCUT2D eigenvalue weighted by Gasteiger charge is -2.34. The van der Waals surface area contributed by atoms with Crippen LogP contribution in [-0.4, -0.2) is 23.6 Å². The normalized spacial score (nSPS) is 17.9. The van der Waals surface area contributed by atoms with Gasteiger partial charge >= 0.3 is 0 Å². The van der Waals surface area contributed by atoms with E-state index < -0.39 is 11.5 Å². The number of rotatable bonds is 4. The molecule has 1 amide bonds. The molecule has 0 saturated carbocycles. The summed E-state index contributed by atoms with van der Waals surface area (Å²) in [6, 6.07) is 14.5. The number of carbonyl (C=O) groups excluding carboxylic acids is 2. The molecule has 0 radical (unpaired) electrons. The molecule has 2 atom stereocenters. The lowest BCUT2D eigenvalue weighted by atomic mass is 10.0. The highest BCUT2D eigenvalue weighted by Crippen LogP contribution is 2.39. The monoisotopic (exact) mass is 343 g/mol. The summed E-state index contributed by atoms with van der Waals surface area (Å²) in [6.07, 6.45) is -0.674. The average Bonchev–Trinajstić information content (AvgIpc) is 2.60. The van der Waals surface area contributed by atoms with Crippen LogP contribution in [0.1, 0.15) is 35.9 Å². The van der Waals surface area contributed by atoms with Gasteiger partial charge in [0.15, 0.2) is 5.78 Å². The summed E-state index contributed by atoms with van der Waals surface area (Å²) in [6.45, 7) is 4.02. The van der Waals surface area contributed by atoms with E-state index in [0.29, 0.717) is 23.5 Å². The fraction of sp³-hybridized carbons (Fsp3) is 0.263. The number of benzene rings is 2. The minimum absolute atomic E-state index is 0.139. The number of carbonyl (C=O) groups is 2. The molecule has 0 aliphatic carbocycles. The maximum Gasteiger partial charge on any atom is 0.272 e. The van der Waals surface area contributed by atoms with Crippen molar-refractivity contribution in [2.75, 3.05) is 11.4 Å². The number of nitrogens with zero attached hydrogens (tertiary/aromatic N) is 1. The molecule has 1 aliphatic rings. The summed E-state index contributed by atoms with van der Waals surface area (Å²) >= 11 is 5.89. The second-order valence-electron chi connectivity index (χ2n) is 5.65. The number of alkyl halides is 1. The van der Waals surface area contributed by atoms with Crippen molar-refractivity contribution < 1.29 is 14.3 Å². The number of hydrogen-bond acceptors (Lipinski definition) is 3. The molecule has 24 heavy (non-hydrogen) atoms. The highest BCUT2D eigenvalue weighted by atomic mass is 35.5. The third-order valence-electron chi connectivity index (χ3n) is 4.05. The number of ketones is 1. The van der Waals surface area contributed by atoms with Gasteiger partial charge in [-0.25, -0.2) is 0 Å². The number of amides is 1. The Kier molecular flexibility index (Phi) is 4.58. The van der Waals surface area contributed by atoms with Crippen molar-refractivity contribution >= 4 is 29.0 Å². The Bertz CT molecular complexity index is 773. The summed E-state index contributed by atoms with van der Waals surface area (Å²) in [5, 5.41) is -0.615. The van der Waals surface area contributed by atoms with Crippen LogP contribution in [0, 0.1) is 0 Å². The van der Waals surface area contributed by atoms with E-state index in [4.69, 9.17) is 16.3 Å². The fourth-order valence-corrected chi connectivity index (χ4v) is 2.94. The van der Waals surface area contributed by atoms with E-state index >= 15 is 0 Å². The first-order valence-corrected chi connectivity index (χ1v) is 8.32. The van der Waals surface area contributed by atoms with E-state index in [0.717, 1.165) is 5.56 Å². The minimum atomic E-state index is -0.674. The molecule has 2 unspecified atom stereocenters. The van der Waals surface area contributed by atoms with Gasteiger partial charge in [0.1, 0.15) is 5.75 Å². The van der Waals surface area contributed by atoms with Gasteiger partial charge in [-0.3, -0.25) is 9.59 Å². The molecule has 0 saturated heterocycles. The number of Topliss-reactive ketones (excluding diaryl/α,β-unsaturated/α-hetero) is 1. The molecule has 2 aromatic carbocycles. The molecular weight excluding hydrogens is 326 g/mol. The van der Waals surface area contributed by atoms with Crippen molar-refractivity contribution in [1.29, 1.82) is 0 Å². The maximum atomic E-state index is 12.8. The van der Waals surface area contributed by atoms with Crippen LogP contribution in [0.2, 0.25) is 0 Å². The zero-order valence-electron chi connectivity index (χ0n) is 13.5. The second-order valence-corrected chi connectivity index (χ2v) is 6.31. The van der Waals surface area contributed by atoms with Gasteiger partial charge in [0.25, 0.3) is 5.91 Å². The Morgan fingerprint density at radius 3 is 2.58 bits per heavy atom. The van der Waals surface area contributed by atoms with Crippen molar-refractivity contribution in [3.05, 3.63) is 59.7 Å². The van der Waals surface area contributed by atoms with Crippen LogP contribution in [0.5, 0.6) is 5.75 Å². The molecule has 2 aromatic rings. The zero-order valence-corrected chi connectivity index (χ0v) is 14.3. The zero-order chi connectivity index (χ0) is 17.3. The molecule has 0 aromatic heterocycles. The first-order valence-electron chi connectivity index (χ1n) is 7.88. The highest BCUT2D eigenvalue weighted by Gasteiger charge is 2.35. The van der Waals surface area contributed by atoms with E-state index in [2.05, 4.69) is 0 Å². The van der Waals surface area contributed by atoms with Crippen molar-refractivity contribution in [2.45, 2.75) is 25.3 Å². The van der Waals surface area contributed by atoms with Gasteiger partial charge in [-0.05, 0) is 32.0 Å². The molecular formula is C19H18ClNO3. The third-order valence-corrected chi connectivity index (χ3v) is 4.25. The first-order chi connectivity index (χ1) is 11.5. The van der Waals surface area contributed by atoms with Crippen LogP contribution in [-0.2, 0) is 4.79 Å². The van der Waals surface area contributed by atoms with Gasteiger partial charge in [-0.2, -0.15) is 0 Å². The molecule has 0 N–H and O–H groups in total. The van der Waals surface area contributed by atoms with Crippen LogP contribution >= 0.6 is 11.6 Å². The SMILES string of the molecule is CCN1C(=O)C(c2ccccc2)Oc2ccc(C(=O)C(C)Cl)cc21. The van der Waals surface area contributed by atoms with Gasteiger partial charge in [0, 0.05) is 17.7 Å². The van der Waals surface area contributed by atoms with Gasteiger partial charge in [-0.1, -0.05) is 30.3 Å². The van der Waals surface area contributed by atoms with Crippen molar-refractivity contribution in [2.24, 2.45) is 0 Å².